The molecule has 2 aromatic rings. The topological polar surface area (TPSA) is 88.7 Å². The van der Waals surface area contributed by atoms with E-state index in [4.69, 9.17) is 4.42 Å². The maximum absolute atomic E-state index is 13.1. The fraction of sp³-hybridized carbons (Fsp3) is 0.444. The van der Waals surface area contributed by atoms with Crippen LogP contribution in [0.4, 0.5) is 0 Å². The van der Waals surface area contributed by atoms with Crippen LogP contribution in [0.2, 0.25) is 0 Å². The smallest absolute Gasteiger partial charge is 0.246 e. The second-order valence-electron chi connectivity index (χ2n) is 6.56. The van der Waals surface area contributed by atoms with Crippen LogP contribution in [0.1, 0.15) is 23.6 Å². The van der Waals surface area contributed by atoms with Gasteiger partial charge in [0.2, 0.25) is 15.9 Å². The Balaban J connectivity index is 1.71. The first-order valence-electron chi connectivity index (χ1n) is 8.81. The van der Waals surface area contributed by atoms with E-state index in [1.54, 1.807) is 54.9 Å². The third-order valence-corrected chi connectivity index (χ3v) is 6.89. The van der Waals surface area contributed by atoms with Crippen molar-refractivity contribution in [1.82, 2.24) is 19.0 Å². The molecule has 8 nitrogen and oxygen atoms in total. The summed E-state index contributed by atoms with van der Waals surface area (Å²) in [5.41, 5.74) is 1.11. The number of hydrogen-bond acceptors (Lipinski definition) is 5. The highest BCUT2D eigenvalue weighted by Gasteiger charge is 2.32. The van der Waals surface area contributed by atoms with Gasteiger partial charge in [-0.1, -0.05) is 0 Å². The molecule has 0 aromatic carbocycles. The van der Waals surface area contributed by atoms with Crippen molar-refractivity contribution < 1.29 is 17.6 Å². The molecule has 0 spiro atoms. The lowest BCUT2D eigenvalue weighted by atomic mass is 10.3. The van der Waals surface area contributed by atoms with Gasteiger partial charge in [0.1, 0.15) is 10.7 Å². The van der Waals surface area contributed by atoms with E-state index < -0.39 is 10.0 Å². The minimum atomic E-state index is -3.64. The van der Waals surface area contributed by atoms with E-state index in [0.29, 0.717) is 43.2 Å². The largest absolute Gasteiger partial charge is 0.465 e. The van der Waals surface area contributed by atoms with E-state index >= 15 is 0 Å². The summed E-state index contributed by atoms with van der Waals surface area (Å²) >= 11 is 0. The number of carbonyl (C=O) groups is 1. The van der Waals surface area contributed by atoms with Gasteiger partial charge in [-0.2, -0.15) is 9.40 Å². The summed E-state index contributed by atoms with van der Waals surface area (Å²) in [5, 5.41) is 4.22. The number of amides is 1. The zero-order valence-electron chi connectivity index (χ0n) is 15.8. The van der Waals surface area contributed by atoms with Crippen LogP contribution in [0, 0.1) is 13.8 Å². The summed E-state index contributed by atoms with van der Waals surface area (Å²) < 4.78 is 34.4. The predicted octanol–water partition coefficient (Wildman–Crippen LogP) is 1.57. The second-order valence-corrected chi connectivity index (χ2v) is 8.43. The van der Waals surface area contributed by atoms with Crippen LogP contribution < -0.4 is 0 Å². The van der Waals surface area contributed by atoms with E-state index in [2.05, 4.69) is 5.10 Å². The van der Waals surface area contributed by atoms with Crippen molar-refractivity contribution in [2.24, 2.45) is 7.05 Å². The highest BCUT2D eigenvalue weighted by Crippen LogP contribution is 2.24. The van der Waals surface area contributed by atoms with Gasteiger partial charge in [0.25, 0.3) is 0 Å². The summed E-state index contributed by atoms with van der Waals surface area (Å²) in [6.45, 7) is 4.95. The number of hydrogen-bond donors (Lipinski definition) is 0. The van der Waals surface area contributed by atoms with Crippen molar-refractivity contribution in [1.29, 1.82) is 0 Å². The first kappa shape index (κ1) is 19.4. The Morgan fingerprint density at radius 3 is 2.63 bits per heavy atom. The highest BCUT2D eigenvalue weighted by atomic mass is 32.2. The molecule has 27 heavy (non-hydrogen) atoms. The molecule has 0 aliphatic carbocycles. The maximum atomic E-state index is 13.1. The molecule has 2 aromatic heterocycles. The highest BCUT2D eigenvalue weighted by molar-refractivity contribution is 7.89. The molecule has 0 unspecified atom stereocenters. The van der Waals surface area contributed by atoms with Crippen LogP contribution in [0.5, 0.6) is 0 Å². The van der Waals surface area contributed by atoms with Crippen LogP contribution in [-0.4, -0.2) is 59.5 Å². The predicted molar refractivity (Wildman–Crippen MR) is 100 cm³/mol. The molecule has 1 amide bonds. The molecule has 0 atom stereocenters. The molecule has 0 bridgehead atoms. The van der Waals surface area contributed by atoms with Gasteiger partial charge in [-0.3, -0.25) is 9.48 Å². The average molecular weight is 392 g/mol. The van der Waals surface area contributed by atoms with E-state index in [0.717, 1.165) is 0 Å². The Bertz CT molecular complexity index is 944. The van der Waals surface area contributed by atoms with Crippen molar-refractivity contribution in [2.45, 2.75) is 25.2 Å². The van der Waals surface area contributed by atoms with E-state index in [1.807, 2.05) is 0 Å². The van der Waals surface area contributed by atoms with Gasteiger partial charge in [-0.25, -0.2) is 8.42 Å². The molecule has 1 aliphatic heterocycles. The van der Waals surface area contributed by atoms with Gasteiger partial charge >= 0.3 is 0 Å². The van der Waals surface area contributed by atoms with Crippen LogP contribution in [0.3, 0.4) is 0 Å². The van der Waals surface area contributed by atoms with Crippen molar-refractivity contribution in [3.8, 4) is 0 Å². The van der Waals surface area contributed by atoms with Gasteiger partial charge in [0.15, 0.2) is 0 Å². The monoisotopic (exact) mass is 392 g/mol. The van der Waals surface area contributed by atoms with Gasteiger partial charge < -0.3 is 9.32 Å². The van der Waals surface area contributed by atoms with Crippen LogP contribution in [0.25, 0.3) is 6.08 Å². The number of aromatic nitrogens is 2. The molecular formula is C18H24N4O4S. The minimum Gasteiger partial charge on any atom is -0.465 e. The molecular weight excluding hydrogens is 368 g/mol. The van der Waals surface area contributed by atoms with Crippen molar-refractivity contribution in [3.63, 3.8) is 0 Å². The third-order valence-electron chi connectivity index (χ3n) is 4.74. The van der Waals surface area contributed by atoms with E-state index in [1.165, 1.54) is 10.4 Å². The standard InChI is InChI=1S/C18H24N4O4S/c1-14-18(15(2)20(3)19-14)27(24,25)22-10-5-9-21(11-12-22)17(23)8-7-16-6-4-13-26-16/h4,6-8,13H,5,9-12H2,1-3H3/b8-7+. The van der Waals surface area contributed by atoms with Gasteiger partial charge in [-0.15, -0.1) is 0 Å². The quantitative estimate of drug-likeness (QED) is 0.737. The van der Waals surface area contributed by atoms with Crippen molar-refractivity contribution in [2.75, 3.05) is 26.2 Å². The molecule has 1 aliphatic rings. The fourth-order valence-electron chi connectivity index (χ4n) is 3.26. The number of furan rings is 1. The number of aryl methyl sites for hydroxylation is 2. The molecule has 3 rings (SSSR count). The lowest BCUT2D eigenvalue weighted by Crippen LogP contribution is -2.37. The lowest BCUT2D eigenvalue weighted by molar-refractivity contribution is -0.125. The third kappa shape index (κ3) is 3.98. The number of sulfonamides is 1. The summed E-state index contributed by atoms with van der Waals surface area (Å²) in [4.78, 5) is 14.3. The fourth-order valence-corrected chi connectivity index (χ4v) is 5.13. The normalized spacial score (nSPS) is 16.8. The minimum absolute atomic E-state index is 0.153. The molecule has 0 radical (unpaired) electrons. The lowest BCUT2D eigenvalue weighted by Gasteiger charge is -2.21. The van der Waals surface area contributed by atoms with E-state index in [-0.39, 0.29) is 17.3 Å². The Hall–Kier alpha value is -2.39. The summed E-state index contributed by atoms with van der Waals surface area (Å²) in [6.07, 6.45) is 5.20. The van der Waals surface area contributed by atoms with Gasteiger partial charge in [-0.05, 0) is 38.5 Å². The molecule has 0 N–H and O–H groups in total. The molecule has 1 saturated heterocycles. The molecule has 146 valence electrons. The molecule has 1 fully saturated rings. The van der Waals surface area contributed by atoms with Crippen LogP contribution in [0.15, 0.2) is 33.8 Å². The Morgan fingerprint density at radius 2 is 2.00 bits per heavy atom. The Morgan fingerprint density at radius 1 is 1.22 bits per heavy atom. The van der Waals surface area contributed by atoms with Crippen molar-refractivity contribution in [3.05, 3.63) is 41.6 Å². The van der Waals surface area contributed by atoms with Crippen LogP contribution in [-0.2, 0) is 21.9 Å². The first-order chi connectivity index (χ1) is 12.8. The summed E-state index contributed by atoms with van der Waals surface area (Å²) in [7, 11) is -1.91. The number of carbonyl (C=O) groups excluding carboxylic acids is 1. The van der Waals surface area contributed by atoms with Gasteiger partial charge in [0.05, 0.1) is 17.7 Å². The van der Waals surface area contributed by atoms with E-state index in [9.17, 15) is 13.2 Å². The first-order valence-corrected chi connectivity index (χ1v) is 10.3. The Labute approximate surface area is 159 Å². The number of rotatable bonds is 4. The molecule has 9 heteroatoms. The van der Waals surface area contributed by atoms with Gasteiger partial charge in [0, 0.05) is 39.3 Å². The SMILES string of the molecule is Cc1nn(C)c(C)c1S(=O)(=O)N1CCCN(C(=O)/C=C/c2ccco2)CC1. The summed E-state index contributed by atoms with van der Waals surface area (Å²) in [6, 6.07) is 3.51. The van der Waals surface area contributed by atoms with Crippen molar-refractivity contribution >= 4 is 22.0 Å². The Kier molecular flexibility index (Phi) is 5.52. The zero-order chi connectivity index (χ0) is 19.6. The molecule has 0 saturated carbocycles. The number of nitrogens with zero attached hydrogens (tertiary/aromatic N) is 4. The molecule has 3 heterocycles. The second kappa shape index (κ2) is 7.69. The maximum Gasteiger partial charge on any atom is 0.246 e. The average Bonchev–Trinajstić information content (AvgIpc) is 3.12. The zero-order valence-corrected chi connectivity index (χ0v) is 16.6. The van der Waals surface area contributed by atoms with Crippen LogP contribution >= 0.6 is 0 Å². The summed E-state index contributed by atoms with van der Waals surface area (Å²) in [5.74, 6) is 0.448.